The molecule has 11 rings (SSSR count). The number of hydrogen-bond donors (Lipinski definition) is 0. The van der Waals surface area contributed by atoms with Gasteiger partial charge in [0.15, 0.2) is 0 Å². The standard InChI is InChI=1S/C50H31N3O/c1-3-11-32(12-4-1)45-30-40(43-31-51-26-25-44(43)52-45)36-14-9-13-35(27-36)38-18-10-20-49-50(38)42-29-34(22-24-48(42)54-49)33-21-23-47-41(28-33)39-17-7-8-19-46(39)53(47)37-15-5-2-6-16-37/h1-31H. The molecule has 252 valence electrons. The first-order valence-electron chi connectivity index (χ1n) is 18.2. The van der Waals surface area contributed by atoms with E-state index in [1.165, 1.54) is 27.4 Å². The lowest BCUT2D eigenvalue weighted by atomic mass is 9.93. The molecule has 54 heavy (non-hydrogen) atoms. The summed E-state index contributed by atoms with van der Waals surface area (Å²) in [5.74, 6) is 0. The Morgan fingerprint density at radius 1 is 0.426 bits per heavy atom. The van der Waals surface area contributed by atoms with Crippen LogP contribution in [0.4, 0.5) is 0 Å². The molecule has 0 saturated heterocycles. The number of furan rings is 1. The molecular weight excluding hydrogens is 659 g/mol. The highest BCUT2D eigenvalue weighted by Gasteiger charge is 2.17. The highest BCUT2D eigenvalue weighted by atomic mass is 16.3. The van der Waals surface area contributed by atoms with Gasteiger partial charge in [-0.2, -0.15) is 0 Å². The van der Waals surface area contributed by atoms with Crippen molar-refractivity contribution in [2.24, 2.45) is 0 Å². The number of pyridine rings is 2. The second kappa shape index (κ2) is 12.1. The summed E-state index contributed by atoms with van der Waals surface area (Å²) in [7, 11) is 0. The van der Waals surface area contributed by atoms with Crippen LogP contribution in [0.3, 0.4) is 0 Å². The van der Waals surface area contributed by atoms with Gasteiger partial charge in [-0.15, -0.1) is 0 Å². The van der Waals surface area contributed by atoms with Crippen LogP contribution in [0.15, 0.2) is 193 Å². The van der Waals surface area contributed by atoms with E-state index < -0.39 is 0 Å². The van der Waals surface area contributed by atoms with Gasteiger partial charge in [0, 0.05) is 50.6 Å². The molecule has 4 heteroatoms. The SMILES string of the molecule is c1ccc(-c2cc(-c3cccc(-c4cccc5oc6ccc(-c7ccc8c(c7)c7ccccc7n8-c7ccccc7)cc6c45)c3)c3cnccc3n2)cc1. The zero-order chi connectivity index (χ0) is 35.6. The Bertz CT molecular complexity index is 3210. The summed E-state index contributed by atoms with van der Waals surface area (Å²) in [6.07, 6.45) is 3.73. The molecule has 0 atom stereocenters. The second-order valence-corrected chi connectivity index (χ2v) is 13.8. The van der Waals surface area contributed by atoms with Gasteiger partial charge in [0.1, 0.15) is 11.2 Å². The largest absolute Gasteiger partial charge is 0.456 e. The summed E-state index contributed by atoms with van der Waals surface area (Å²) in [6, 6.07) is 62.4. The molecule has 0 N–H and O–H groups in total. The van der Waals surface area contributed by atoms with Crippen LogP contribution < -0.4 is 0 Å². The fourth-order valence-corrected chi connectivity index (χ4v) is 8.17. The van der Waals surface area contributed by atoms with E-state index in [1.54, 1.807) is 0 Å². The third-order valence-electron chi connectivity index (χ3n) is 10.7. The second-order valence-electron chi connectivity index (χ2n) is 13.8. The lowest BCUT2D eigenvalue weighted by Crippen LogP contribution is -1.92. The highest BCUT2D eigenvalue weighted by Crippen LogP contribution is 2.41. The van der Waals surface area contributed by atoms with Crippen LogP contribution in [-0.2, 0) is 0 Å². The molecular formula is C50H31N3O. The topological polar surface area (TPSA) is 43.9 Å². The Hall–Kier alpha value is -7.30. The van der Waals surface area contributed by atoms with Gasteiger partial charge in [0.2, 0.25) is 0 Å². The van der Waals surface area contributed by atoms with Crippen molar-refractivity contribution >= 4 is 54.6 Å². The maximum absolute atomic E-state index is 6.50. The lowest BCUT2D eigenvalue weighted by Gasteiger charge is -2.12. The number of aromatic nitrogens is 3. The number of rotatable bonds is 5. The maximum Gasteiger partial charge on any atom is 0.136 e. The Labute approximate surface area is 311 Å². The summed E-state index contributed by atoms with van der Waals surface area (Å²) in [5.41, 5.74) is 15.0. The van der Waals surface area contributed by atoms with Crippen LogP contribution in [0, 0.1) is 0 Å². The summed E-state index contributed by atoms with van der Waals surface area (Å²) in [6.45, 7) is 0. The highest BCUT2D eigenvalue weighted by molar-refractivity contribution is 6.14. The van der Waals surface area contributed by atoms with Crippen LogP contribution in [0.25, 0.3) is 105 Å². The molecule has 0 aliphatic carbocycles. The van der Waals surface area contributed by atoms with E-state index >= 15 is 0 Å². The molecule has 0 radical (unpaired) electrons. The molecule has 4 aromatic heterocycles. The van der Waals surface area contributed by atoms with Crippen LogP contribution in [0.2, 0.25) is 0 Å². The van der Waals surface area contributed by atoms with Crippen molar-refractivity contribution in [3.8, 4) is 50.3 Å². The first-order valence-corrected chi connectivity index (χ1v) is 18.2. The zero-order valence-electron chi connectivity index (χ0n) is 29.1. The van der Waals surface area contributed by atoms with Crippen LogP contribution >= 0.6 is 0 Å². The van der Waals surface area contributed by atoms with Crippen LogP contribution in [0.1, 0.15) is 0 Å². The van der Waals surface area contributed by atoms with Gasteiger partial charge in [0.05, 0.1) is 22.2 Å². The smallest absolute Gasteiger partial charge is 0.136 e. The van der Waals surface area contributed by atoms with E-state index in [0.29, 0.717) is 0 Å². The Morgan fingerprint density at radius 3 is 2.00 bits per heavy atom. The number of hydrogen-bond acceptors (Lipinski definition) is 3. The van der Waals surface area contributed by atoms with Crippen molar-refractivity contribution in [2.45, 2.75) is 0 Å². The zero-order valence-corrected chi connectivity index (χ0v) is 29.1. The summed E-state index contributed by atoms with van der Waals surface area (Å²) in [5, 5.41) is 5.70. The third kappa shape index (κ3) is 4.85. The molecule has 7 aromatic carbocycles. The molecule has 11 aromatic rings. The number of nitrogens with zero attached hydrogens (tertiary/aromatic N) is 3. The number of para-hydroxylation sites is 2. The van der Waals surface area contributed by atoms with Crippen LogP contribution in [0.5, 0.6) is 0 Å². The van der Waals surface area contributed by atoms with E-state index in [1.807, 2.05) is 24.5 Å². The van der Waals surface area contributed by atoms with E-state index in [4.69, 9.17) is 9.40 Å². The summed E-state index contributed by atoms with van der Waals surface area (Å²) < 4.78 is 8.86. The van der Waals surface area contributed by atoms with Gasteiger partial charge >= 0.3 is 0 Å². The van der Waals surface area contributed by atoms with Crippen molar-refractivity contribution in [3.05, 3.63) is 188 Å². The molecule has 0 amide bonds. The minimum absolute atomic E-state index is 0.872. The molecule has 0 bridgehead atoms. The van der Waals surface area contributed by atoms with Crippen molar-refractivity contribution in [1.82, 2.24) is 14.5 Å². The average molecular weight is 690 g/mol. The predicted octanol–water partition coefficient (Wildman–Crippen LogP) is 13.3. The molecule has 0 aliphatic heterocycles. The molecule has 4 nitrogen and oxygen atoms in total. The van der Waals surface area contributed by atoms with Crippen molar-refractivity contribution in [3.63, 3.8) is 0 Å². The van der Waals surface area contributed by atoms with Gasteiger partial charge in [-0.05, 0) is 100 Å². The quantitative estimate of drug-likeness (QED) is 0.181. The molecule has 0 unspecified atom stereocenters. The summed E-state index contributed by atoms with van der Waals surface area (Å²) >= 11 is 0. The molecule has 4 heterocycles. The maximum atomic E-state index is 6.50. The van der Waals surface area contributed by atoms with Gasteiger partial charge in [-0.25, -0.2) is 4.98 Å². The van der Waals surface area contributed by atoms with Crippen molar-refractivity contribution in [2.75, 3.05) is 0 Å². The van der Waals surface area contributed by atoms with Gasteiger partial charge < -0.3 is 8.98 Å². The lowest BCUT2D eigenvalue weighted by molar-refractivity contribution is 0.669. The third-order valence-corrected chi connectivity index (χ3v) is 10.7. The fourth-order valence-electron chi connectivity index (χ4n) is 8.17. The molecule has 0 spiro atoms. The summed E-state index contributed by atoms with van der Waals surface area (Å²) in [4.78, 5) is 9.48. The first-order chi connectivity index (χ1) is 26.8. The monoisotopic (exact) mass is 689 g/mol. The number of fused-ring (bicyclic) bond motifs is 7. The van der Waals surface area contributed by atoms with Crippen LogP contribution in [-0.4, -0.2) is 14.5 Å². The Morgan fingerprint density at radius 2 is 1.13 bits per heavy atom. The average Bonchev–Trinajstić information content (AvgIpc) is 3.79. The minimum atomic E-state index is 0.872. The normalized spacial score (nSPS) is 11.7. The van der Waals surface area contributed by atoms with E-state index in [0.717, 1.165) is 77.6 Å². The Kier molecular flexibility index (Phi) is 6.82. The fraction of sp³-hybridized carbons (Fsp3) is 0. The molecule has 0 fully saturated rings. The van der Waals surface area contributed by atoms with Gasteiger partial charge in [-0.1, -0.05) is 109 Å². The minimum Gasteiger partial charge on any atom is -0.456 e. The predicted molar refractivity (Wildman–Crippen MR) is 223 cm³/mol. The number of benzene rings is 7. The van der Waals surface area contributed by atoms with E-state index in [9.17, 15) is 0 Å². The Balaban J connectivity index is 1.06. The van der Waals surface area contributed by atoms with Gasteiger partial charge in [-0.3, -0.25) is 4.98 Å². The molecule has 0 aliphatic rings. The van der Waals surface area contributed by atoms with Gasteiger partial charge in [0.25, 0.3) is 0 Å². The van der Waals surface area contributed by atoms with E-state index in [2.05, 4.69) is 173 Å². The van der Waals surface area contributed by atoms with Crippen molar-refractivity contribution < 1.29 is 4.42 Å². The first kappa shape index (κ1) is 30.3. The molecule has 0 saturated carbocycles. The van der Waals surface area contributed by atoms with E-state index in [-0.39, 0.29) is 0 Å². The van der Waals surface area contributed by atoms with Crippen molar-refractivity contribution in [1.29, 1.82) is 0 Å².